The molecule has 0 saturated carbocycles. The van der Waals surface area contributed by atoms with Crippen molar-refractivity contribution in [2.24, 2.45) is 14.1 Å². The normalized spacial score (nSPS) is 13.7. The fourth-order valence-corrected chi connectivity index (χ4v) is 3.83. The van der Waals surface area contributed by atoms with E-state index in [-0.39, 0.29) is 12.3 Å². The maximum atomic E-state index is 12.9. The van der Waals surface area contributed by atoms with Crippen molar-refractivity contribution >= 4 is 28.4 Å². The molecule has 0 radical (unpaired) electrons. The van der Waals surface area contributed by atoms with Gasteiger partial charge >= 0.3 is 5.69 Å². The van der Waals surface area contributed by atoms with Crippen LogP contribution in [-0.2, 0) is 31.9 Å². The second kappa shape index (κ2) is 6.66. The Balaban J connectivity index is 1.62. The zero-order valence-corrected chi connectivity index (χ0v) is 15.9. The second-order valence-corrected chi connectivity index (χ2v) is 7.06. The Hall–Kier alpha value is -3.36. The topological polar surface area (TPSA) is 108 Å². The van der Waals surface area contributed by atoms with E-state index in [1.165, 1.54) is 17.9 Å². The van der Waals surface area contributed by atoms with Crippen molar-refractivity contribution in [1.29, 1.82) is 0 Å². The molecule has 2 aromatic heterocycles. The van der Waals surface area contributed by atoms with E-state index in [2.05, 4.69) is 4.98 Å². The lowest BCUT2D eigenvalue weighted by Gasteiger charge is -2.30. The Morgan fingerprint density at radius 3 is 2.79 bits per heavy atom. The number of fused-ring (bicyclic) bond motifs is 2. The Morgan fingerprint density at radius 1 is 1.21 bits per heavy atom. The number of nitrogens with zero attached hydrogens (tertiary/aromatic N) is 5. The summed E-state index contributed by atoms with van der Waals surface area (Å²) in [5.74, 6) is -0.0324. The molecule has 146 valence electrons. The highest BCUT2D eigenvalue weighted by Gasteiger charge is 2.24. The van der Waals surface area contributed by atoms with Crippen LogP contribution in [0.15, 0.2) is 34.1 Å². The lowest BCUT2D eigenvalue weighted by atomic mass is 9.99. The molecule has 9 heteroatoms. The van der Waals surface area contributed by atoms with E-state index in [1.54, 1.807) is 16.5 Å². The molecule has 0 aliphatic carbocycles. The largest absolute Gasteiger partial charge is 0.398 e. The first kappa shape index (κ1) is 18.0. The first-order valence-corrected chi connectivity index (χ1v) is 9.18. The van der Waals surface area contributed by atoms with Gasteiger partial charge in [0, 0.05) is 45.0 Å². The predicted molar refractivity (Wildman–Crippen MR) is 106 cm³/mol. The van der Waals surface area contributed by atoms with Crippen LogP contribution < -0.4 is 21.9 Å². The second-order valence-electron chi connectivity index (χ2n) is 7.06. The van der Waals surface area contributed by atoms with Gasteiger partial charge in [0.2, 0.25) is 5.91 Å². The van der Waals surface area contributed by atoms with Gasteiger partial charge in [0.25, 0.3) is 5.56 Å². The van der Waals surface area contributed by atoms with Gasteiger partial charge in [-0.1, -0.05) is 6.07 Å². The van der Waals surface area contributed by atoms with Gasteiger partial charge in [0.15, 0.2) is 11.2 Å². The maximum absolute atomic E-state index is 12.9. The molecule has 3 aromatic rings. The molecule has 0 fully saturated rings. The van der Waals surface area contributed by atoms with E-state index in [0.717, 1.165) is 28.7 Å². The third-order valence-electron chi connectivity index (χ3n) is 5.37. The highest BCUT2D eigenvalue weighted by molar-refractivity contribution is 5.95. The number of amides is 1. The summed E-state index contributed by atoms with van der Waals surface area (Å²) in [6.07, 6.45) is 3.44. The van der Waals surface area contributed by atoms with E-state index in [0.29, 0.717) is 29.9 Å². The minimum atomic E-state index is -0.429. The number of nitrogen functional groups attached to an aromatic ring is 1. The van der Waals surface area contributed by atoms with Crippen molar-refractivity contribution < 1.29 is 4.79 Å². The standard InChI is InChI=1S/C19H22N6O3/c1-22-17-16(18(27)23(2)19(22)28)24(11-21-17)10-8-15(26)25-9-4-5-12-13(20)6-3-7-14(12)25/h3,6-7,11H,4-5,8-10,20H2,1-2H3. The number of aryl methyl sites for hydroxylation is 2. The number of carbonyl (C=O) groups excluding carboxylic acids is 1. The number of nitrogens with two attached hydrogens (primary N) is 1. The number of imidazole rings is 1. The summed E-state index contributed by atoms with van der Waals surface area (Å²) in [6.45, 7) is 0.952. The van der Waals surface area contributed by atoms with Gasteiger partial charge < -0.3 is 15.2 Å². The molecular formula is C19H22N6O3. The van der Waals surface area contributed by atoms with Crippen molar-refractivity contribution in [3.05, 3.63) is 50.9 Å². The molecule has 0 spiro atoms. The average molecular weight is 382 g/mol. The molecular weight excluding hydrogens is 360 g/mol. The lowest BCUT2D eigenvalue weighted by molar-refractivity contribution is -0.118. The molecule has 1 amide bonds. The van der Waals surface area contributed by atoms with Crippen LogP contribution in [0.3, 0.4) is 0 Å². The van der Waals surface area contributed by atoms with Gasteiger partial charge in [-0.05, 0) is 30.5 Å². The van der Waals surface area contributed by atoms with Gasteiger partial charge in [-0.15, -0.1) is 0 Å². The fraction of sp³-hybridized carbons (Fsp3) is 0.368. The zero-order valence-electron chi connectivity index (χ0n) is 15.9. The SMILES string of the molecule is Cn1c(=O)c2c(ncn2CCC(=O)N2CCCc3c(N)cccc32)n(C)c1=O. The van der Waals surface area contributed by atoms with Crippen LogP contribution in [0.4, 0.5) is 11.4 Å². The number of carbonyl (C=O) groups is 1. The number of anilines is 2. The fourth-order valence-electron chi connectivity index (χ4n) is 3.83. The molecule has 28 heavy (non-hydrogen) atoms. The Bertz CT molecular complexity index is 1200. The quantitative estimate of drug-likeness (QED) is 0.659. The summed E-state index contributed by atoms with van der Waals surface area (Å²) in [7, 11) is 3.00. The number of hydrogen-bond acceptors (Lipinski definition) is 5. The first-order valence-electron chi connectivity index (χ1n) is 9.18. The van der Waals surface area contributed by atoms with Crippen molar-refractivity contribution in [1.82, 2.24) is 18.7 Å². The zero-order chi connectivity index (χ0) is 20.0. The third kappa shape index (κ3) is 2.70. The van der Waals surface area contributed by atoms with Gasteiger partial charge in [0.05, 0.1) is 6.33 Å². The monoisotopic (exact) mass is 382 g/mol. The van der Waals surface area contributed by atoms with Crippen LogP contribution in [-0.4, -0.2) is 31.1 Å². The summed E-state index contributed by atoms with van der Waals surface area (Å²) < 4.78 is 4.02. The smallest absolute Gasteiger partial charge is 0.332 e. The minimum Gasteiger partial charge on any atom is -0.398 e. The van der Waals surface area contributed by atoms with Gasteiger partial charge in [-0.2, -0.15) is 0 Å². The number of rotatable bonds is 3. The molecule has 0 saturated heterocycles. The molecule has 1 aromatic carbocycles. The Morgan fingerprint density at radius 2 is 2.00 bits per heavy atom. The minimum absolute atomic E-state index is 0.0324. The average Bonchev–Trinajstić information content (AvgIpc) is 3.13. The van der Waals surface area contributed by atoms with Crippen LogP contribution in [0.5, 0.6) is 0 Å². The summed E-state index contributed by atoms with van der Waals surface area (Å²) >= 11 is 0. The van der Waals surface area contributed by atoms with E-state index in [9.17, 15) is 14.4 Å². The van der Waals surface area contributed by atoms with Crippen LogP contribution in [0, 0.1) is 0 Å². The van der Waals surface area contributed by atoms with E-state index < -0.39 is 11.2 Å². The van der Waals surface area contributed by atoms with E-state index in [1.807, 2.05) is 18.2 Å². The van der Waals surface area contributed by atoms with Gasteiger partial charge in [0.1, 0.15) is 0 Å². The van der Waals surface area contributed by atoms with Crippen LogP contribution in [0.2, 0.25) is 0 Å². The number of benzene rings is 1. The van der Waals surface area contributed by atoms with Crippen LogP contribution >= 0.6 is 0 Å². The maximum Gasteiger partial charge on any atom is 0.332 e. The summed E-state index contributed by atoms with van der Waals surface area (Å²) in [4.78, 5) is 43.4. The molecule has 0 unspecified atom stereocenters. The molecule has 3 heterocycles. The number of hydrogen-bond donors (Lipinski definition) is 1. The van der Waals surface area contributed by atoms with Gasteiger partial charge in [-0.3, -0.25) is 18.7 Å². The molecule has 9 nitrogen and oxygen atoms in total. The summed E-state index contributed by atoms with van der Waals surface area (Å²) in [6, 6.07) is 5.62. The van der Waals surface area contributed by atoms with Crippen molar-refractivity contribution in [3.8, 4) is 0 Å². The van der Waals surface area contributed by atoms with Crippen molar-refractivity contribution in [2.75, 3.05) is 17.2 Å². The lowest BCUT2D eigenvalue weighted by Crippen LogP contribution is -2.38. The van der Waals surface area contributed by atoms with Crippen LogP contribution in [0.1, 0.15) is 18.4 Å². The van der Waals surface area contributed by atoms with Gasteiger partial charge in [-0.25, -0.2) is 9.78 Å². The molecule has 1 aliphatic heterocycles. The highest BCUT2D eigenvalue weighted by atomic mass is 16.2. The summed E-state index contributed by atoms with van der Waals surface area (Å²) in [5, 5.41) is 0. The first-order chi connectivity index (χ1) is 13.4. The molecule has 0 atom stereocenters. The molecule has 2 N–H and O–H groups in total. The highest BCUT2D eigenvalue weighted by Crippen LogP contribution is 2.31. The van der Waals surface area contributed by atoms with E-state index in [4.69, 9.17) is 5.73 Å². The Kier molecular flexibility index (Phi) is 4.29. The molecule has 0 bridgehead atoms. The van der Waals surface area contributed by atoms with Crippen LogP contribution in [0.25, 0.3) is 11.2 Å². The summed E-state index contributed by atoms with van der Waals surface area (Å²) in [5.41, 5.74) is 8.44. The Labute approximate surface area is 160 Å². The third-order valence-corrected chi connectivity index (χ3v) is 5.37. The number of aromatic nitrogens is 4. The molecule has 1 aliphatic rings. The molecule has 4 rings (SSSR count). The predicted octanol–water partition coefficient (Wildman–Crippen LogP) is 0.385. The van der Waals surface area contributed by atoms with E-state index >= 15 is 0 Å². The van der Waals surface area contributed by atoms with Crippen molar-refractivity contribution in [2.45, 2.75) is 25.8 Å². The van der Waals surface area contributed by atoms with Crippen molar-refractivity contribution in [3.63, 3.8) is 0 Å².